The molecule has 0 aliphatic rings. The summed E-state index contributed by atoms with van der Waals surface area (Å²) in [5, 5.41) is 3.93. The van der Waals surface area contributed by atoms with Gasteiger partial charge in [-0.05, 0) is 23.3 Å². The third kappa shape index (κ3) is 4.97. The number of amides is 1. The third-order valence-electron chi connectivity index (χ3n) is 3.28. The molecule has 1 heterocycles. The Balaban J connectivity index is 1.57. The average molecular weight is 332 g/mol. The van der Waals surface area contributed by atoms with Crippen molar-refractivity contribution < 1.29 is 9.53 Å². The van der Waals surface area contributed by atoms with Crippen LogP contribution in [0.25, 0.3) is 0 Å². The second kappa shape index (κ2) is 8.35. The zero-order chi connectivity index (χ0) is 17.3. The third-order valence-corrected chi connectivity index (χ3v) is 3.28. The zero-order valence-corrected chi connectivity index (χ0v) is 13.4. The average Bonchev–Trinajstić information content (AvgIpc) is 2.68. The molecule has 25 heavy (non-hydrogen) atoms. The van der Waals surface area contributed by atoms with Gasteiger partial charge in [-0.3, -0.25) is 9.78 Å². The van der Waals surface area contributed by atoms with Gasteiger partial charge in [0.15, 0.2) is 0 Å². The van der Waals surface area contributed by atoms with Crippen LogP contribution in [0.3, 0.4) is 0 Å². The number of hydrogen-bond donors (Lipinski definition) is 1. The highest BCUT2D eigenvalue weighted by molar-refractivity contribution is 5.92. The summed E-state index contributed by atoms with van der Waals surface area (Å²) >= 11 is 0. The van der Waals surface area contributed by atoms with E-state index in [9.17, 15) is 4.79 Å². The summed E-state index contributed by atoms with van der Waals surface area (Å²) in [6, 6.07) is 17.4. The summed E-state index contributed by atoms with van der Waals surface area (Å²) in [5.41, 5.74) is 4.53. The van der Waals surface area contributed by atoms with Crippen LogP contribution in [0.1, 0.15) is 21.6 Å². The lowest BCUT2D eigenvalue weighted by molar-refractivity contribution is 0.0949. The van der Waals surface area contributed by atoms with Gasteiger partial charge in [-0.1, -0.05) is 42.5 Å². The quantitative estimate of drug-likeness (QED) is 0.556. The maximum atomic E-state index is 11.8. The Kier molecular flexibility index (Phi) is 5.45. The summed E-state index contributed by atoms with van der Waals surface area (Å²) in [6.07, 6.45) is 5.87. The molecule has 0 spiro atoms. The molecule has 0 aliphatic carbocycles. The Morgan fingerprint density at radius 3 is 2.80 bits per heavy atom. The molecule has 2 aromatic carbocycles. The number of benzene rings is 2. The predicted octanol–water partition coefficient (Wildman–Crippen LogP) is 2.82. The molecular formula is C19H16N4O2. The minimum absolute atomic E-state index is 0.208. The summed E-state index contributed by atoms with van der Waals surface area (Å²) in [6.45, 7) is 0.491. The lowest BCUT2D eigenvalue weighted by atomic mass is 10.2. The number of hydrogen-bond acceptors (Lipinski definition) is 5. The number of carbonyl (C=O) groups excluding carboxylic acids is 1. The molecule has 3 rings (SSSR count). The highest BCUT2D eigenvalue weighted by Crippen LogP contribution is 2.14. The molecule has 0 saturated heterocycles. The minimum atomic E-state index is -0.416. The standard InChI is InChI=1S/C19H16N4O2/c24-19(18-13-20-9-10-21-18)23-22-12-16-7-4-8-17(11-16)25-14-15-5-2-1-3-6-15/h1-13H,14H2,(H,23,24). The largest absolute Gasteiger partial charge is 0.489 e. The number of ether oxygens (including phenoxy) is 1. The second-order valence-electron chi connectivity index (χ2n) is 5.14. The summed E-state index contributed by atoms with van der Waals surface area (Å²) in [5.74, 6) is 0.314. The first-order valence-electron chi connectivity index (χ1n) is 7.67. The molecule has 6 nitrogen and oxygen atoms in total. The molecule has 1 N–H and O–H groups in total. The molecule has 0 fully saturated rings. The van der Waals surface area contributed by atoms with Crippen LogP contribution in [0.5, 0.6) is 5.75 Å². The van der Waals surface area contributed by atoms with E-state index in [0.717, 1.165) is 16.9 Å². The van der Waals surface area contributed by atoms with E-state index < -0.39 is 5.91 Å². The molecule has 0 saturated carbocycles. The van der Waals surface area contributed by atoms with Crippen LogP contribution in [0.15, 0.2) is 78.3 Å². The van der Waals surface area contributed by atoms with Crippen molar-refractivity contribution in [1.82, 2.24) is 15.4 Å². The number of nitrogens with one attached hydrogen (secondary N) is 1. The van der Waals surface area contributed by atoms with E-state index in [1.54, 1.807) is 6.21 Å². The number of hydrazone groups is 1. The molecule has 0 aliphatic heterocycles. The molecule has 0 bridgehead atoms. The van der Waals surface area contributed by atoms with E-state index in [-0.39, 0.29) is 5.69 Å². The van der Waals surface area contributed by atoms with Crippen molar-refractivity contribution >= 4 is 12.1 Å². The van der Waals surface area contributed by atoms with Crippen molar-refractivity contribution in [1.29, 1.82) is 0 Å². The maximum Gasteiger partial charge on any atom is 0.291 e. The van der Waals surface area contributed by atoms with E-state index >= 15 is 0 Å². The fourth-order valence-electron chi connectivity index (χ4n) is 2.06. The van der Waals surface area contributed by atoms with Crippen molar-refractivity contribution in [3.05, 3.63) is 90.0 Å². The fraction of sp³-hybridized carbons (Fsp3) is 0.0526. The number of aromatic nitrogens is 2. The van der Waals surface area contributed by atoms with Crippen LogP contribution in [0.2, 0.25) is 0 Å². The van der Waals surface area contributed by atoms with Crippen LogP contribution in [0.4, 0.5) is 0 Å². The van der Waals surface area contributed by atoms with Crippen molar-refractivity contribution in [2.24, 2.45) is 5.10 Å². The van der Waals surface area contributed by atoms with Crippen molar-refractivity contribution in [2.75, 3.05) is 0 Å². The first kappa shape index (κ1) is 16.3. The zero-order valence-electron chi connectivity index (χ0n) is 13.4. The van der Waals surface area contributed by atoms with Gasteiger partial charge in [-0.15, -0.1) is 0 Å². The fourth-order valence-corrected chi connectivity index (χ4v) is 2.06. The van der Waals surface area contributed by atoms with E-state index in [2.05, 4.69) is 20.5 Å². The maximum absolute atomic E-state index is 11.8. The molecule has 0 unspecified atom stereocenters. The molecule has 1 amide bonds. The number of carbonyl (C=O) groups is 1. The molecule has 0 radical (unpaired) electrons. The van der Waals surface area contributed by atoms with Crippen LogP contribution < -0.4 is 10.2 Å². The molecule has 3 aromatic rings. The summed E-state index contributed by atoms with van der Waals surface area (Å²) in [7, 11) is 0. The lowest BCUT2D eigenvalue weighted by Crippen LogP contribution is -2.19. The Labute approximate surface area is 145 Å². The van der Waals surface area contributed by atoms with E-state index in [0.29, 0.717) is 6.61 Å². The Morgan fingerprint density at radius 2 is 2.00 bits per heavy atom. The number of rotatable bonds is 6. The first-order chi connectivity index (χ1) is 12.3. The molecule has 6 heteroatoms. The summed E-state index contributed by atoms with van der Waals surface area (Å²) < 4.78 is 5.76. The van der Waals surface area contributed by atoms with Gasteiger partial charge in [-0.25, -0.2) is 10.4 Å². The molecule has 124 valence electrons. The highest BCUT2D eigenvalue weighted by Gasteiger charge is 2.04. The normalized spacial score (nSPS) is 10.6. The SMILES string of the molecule is O=C(NN=Cc1cccc(OCc2ccccc2)c1)c1cnccn1. The monoisotopic (exact) mass is 332 g/mol. The van der Waals surface area contributed by atoms with Crippen LogP contribution >= 0.6 is 0 Å². The van der Waals surface area contributed by atoms with Crippen LogP contribution in [-0.2, 0) is 6.61 Å². The van der Waals surface area contributed by atoms with Crippen molar-refractivity contribution in [3.63, 3.8) is 0 Å². The van der Waals surface area contributed by atoms with Crippen molar-refractivity contribution in [2.45, 2.75) is 6.61 Å². The smallest absolute Gasteiger partial charge is 0.291 e. The van der Waals surface area contributed by atoms with Gasteiger partial charge in [0.2, 0.25) is 0 Å². The van der Waals surface area contributed by atoms with Crippen molar-refractivity contribution in [3.8, 4) is 5.75 Å². The molecule has 0 atom stereocenters. The van der Waals surface area contributed by atoms with Gasteiger partial charge in [0.25, 0.3) is 5.91 Å². The predicted molar refractivity (Wildman–Crippen MR) is 94.3 cm³/mol. The van der Waals surface area contributed by atoms with Gasteiger partial charge < -0.3 is 4.74 Å². The van der Waals surface area contributed by atoms with E-state index in [1.165, 1.54) is 18.6 Å². The van der Waals surface area contributed by atoms with Crippen LogP contribution in [-0.4, -0.2) is 22.1 Å². The second-order valence-corrected chi connectivity index (χ2v) is 5.14. The van der Waals surface area contributed by atoms with Gasteiger partial charge >= 0.3 is 0 Å². The van der Waals surface area contributed by atoms with E-state index in [4.69, 9.17) is 4.74 Å². The Bertz CT molecular complexity index is 852. The first-order valence-corrected chi connectivity index (χ1v) is 7.67. The van der Waals surface area contributed by atoms with Gasteiger partial charge in [0.05, 0.1) is 12.4 Å². The lowest BCUT2D eigenvalue weighted by Gasteiger charge is -2.06. The molecule has 1 aromatic heterocycles. The Hall–Kier alpha value is -3.54. The molecular weight excluding hydrogens is 316 g/mol. The number of nitrogens with zero attached hydrogens (tertiary/aromatic N) is 3. The van der Waals surface area contributed by atoms with Gasteiger partial charge in [0, 0.05) is 12.4 Å². The van der Waals surface area contributed by atoms with Gasteiger partial charge in [-0.2, -0.15) is 5.10 Å². The topological polar surface area (TPSA) is 76.5 Å². The van der Waals surface area contributed by atoms with Gasteiger partial charge in [0.1, 0.15) is 18.1 Å². The van der Waals surface area contributed by atoms with E-state index in [1.807, 2.05) is 54.6 Å². The highest BCUT2D eigenvalue weighted by atomic mass is 16.5. The minimum Gasteiger partial charge on any atom is -0.489 e. The summed E-state index contributed by atoms with van der Waals surface area (Å²) in [4.78, 5) is 19.5. The van der Waals surface area contributed by atoms with Crippen LogP contribution in [0, 0.1) is 0 Å². The Morgan fingerprint density at radius 1 is 1.12 bits per heavy atom.